The molecule has 0 atom stereocenters. The number of benzene rings is 1. The van der Waals surface area contributed by atoms with Gasteiger partial charge in [-0.05, 0) is 38.1 Å². The molecular formula is C22H25N5O. The van der Waals surface area contributed by atoms with Crippen molar-refractivity contribution in [1.29, 1.82) is 0 Å². The van der Waals surface area contributed by atoms with Crippen molar-refractivity contribution in [3.05, 3.63) is 71.7 Å². The molecule has 2 aromatic heterocycles. The number of piperazine rings is 1. The first-order valence-electron chi connectivity index (χ1n) is 9.68. The van der Waals surface area contributed by atoms with Gasteiger partial charge >= 0.3 is 0 Å². The van der Waals surface area contributed by atoms with E-state index in [1.54, 1.807) is 0 Å². The third-order valence-corrected chi connectivity index (χ3v) is 5.38. The monoisotopic (exact) mass is 375 g/mol. The van der Waals surface area contributed by atoms with Crippen molar-refractivity contribution in [1.82, 2.24) is 19.7 Å². The number of para-hydroxylation sites is 1. The molecule has 3 heterocycles. The van der Waals surface area contributed by atoms with E-state index in [1.165, 1.54) is 0 Å². The standard InChI is InChI=1S/C22H25N5O/c1-17-20(18(2)27(24-17)19-8-4-3-5-9-19)16-22(28)26-14-12-25(13-15-26)21-10-6-7-11-23-21/h3-11H,12-16H2,1-2H3. The summed E-state index contributed by atoms with van der Waals surface area (Å²) in [6.07, 6.45) is 2.21. The van der Waals surface area contributed by atoms with Crippen LogP contribution in [0.15, 0.2) is 54.7 Å². The first-order valence-corrected chi connectivity index (χ1v) is 9.68. The molecule has 0 saturated carbocycles. The summed E-state index contributed by atoms with van der Waals surface area (Å²) in [5.74, 6) is 1.14. The number of rotatable bonds is 4. The Kier molecular flexibility index (Phi) is 5.10. The summed E-state index contributed by atoms with van der Waals surface area (Å²) >= 11 is 0. The number of pyridine rings is 1. The van der Waals surface area contributed by atoms with E-state index in [4.69, 9.17) is 0 Å². The minimum atomic E-state index is 0.166. The smallest absolute Gasteiger partial charge is 0.227 e. The second-order valence-corrected chi connectivity index (χ2v) is 7.13. The highest BCUT2D eigenvalue weighted by molar-refractivity contribution is 5.79. The minimum Gasteiger partial charge on any atom is -0.353 e. The Morgan fingerprint density at radius 2 is 1.68 bits per heavy atom. The van der Waals surface area contributed by atoms with Crippen LogP contribution < -0.4 is 4.90 Å². The summed E-state index contributed by atoms with van der Waals surface area (Å²) in [4.78, 5) is 21.5. The zero-order chi connectivity index (χ0) is 19.5. The van der Waals surface area contributed by atoms with Crippen LogP contribution in [-0.2, 0) is 11.2 Å². The van der Waals surface area contributed by atoms with E-state index in [2.05, 4.69) is 15.0 Å². The third-order valence-electron chi connectivity index (χ3n) is 5.38. The molecule has 0 spiro atoms. The molecule has 0 aliphatic carbocycles. The summed E-state index contributed by atoms with van der Waals surface area (Å²) < 4.78 is 1.93. The molecule has 144 valence electrons. The van der Waals surface area contributed by atoms with Gasteiger partial charge in [0.05, 0.1) is 17.8 Å². The van der Waals surface area contributed by atoms with Crippen LogP contribution in [-0.4, -0.2) is 51.8 Å². The lowest BCUT2D eigenvalue weighted by Gasteiger charge is -2.35. The number of aryl methyl sites for hydroxylation is 1. The van der Waals surface area contributed by atoms with Gasteiger partial charge in [0.15, 0.2) is 0 Å². The fraction of sp³-hybridized carbons (Fsp3) is 0.318. The largest absolute Gasteiger partial charge is 0.353 e. The number of nitrogens with zero attached hydrogens (tertiary/aromatic N) is 5. The second kappa shape index (κ2) is 7.84. The molecule has 1 aliphatic rings. The summed E-state index contributed by atoms with van der Waals surface area (Å²) in [6.45, 7) is 7.08. The Morgan fingerprint density at radius 3 is 2.36 bits per heavy atom. The van der Waals surface area contributed by atoms with Crippen molar-refractivity contribution in [2.75, 3.05) is 31.1 Å². The molecule has 28 heavy (non-hydrogen) atoms. The highest BCUT2D eigenvalue weighted by Crippen LogP contribution is 2.20. The average molecular weight is 375 g/mol. The van der Waals surface area contributed by atoms with Crippen molar-refractivity contribution >= 4 is 11.7 Å². The van der Waals surface area contributed by atoms with Crippen LogP contribution in [0.25, 0.3) is 5.69 Å². The number of aromatic nitrogens is 3. The van der Waals surface area contributed by atoms with Crippen LogP contribution in [0.3, 0.4) is 0 Å². The fourth-order valence-electron chi connectivity index (χ4n) is 3.74. The molecule has 4 rings (SSSR count). The number of carbonyl (C=O) groups is 1. The summed E-state index contributed by atoms with van der Waals surface area (Å²) in [7, 11) is 0. The lowest BCUT2D eigenvalue weighted by molar-refractivity contribution is -0.130. The van der Waals surface area contributed by atoms with Gasteiger partial charge in [-0.1, -0.05) is 24.3 Å². The summed E-state index contributed by atoms with van der Waals surface area (Å²) in [6, 6.07) is 16.0. The number of hydrogen-bond donors (Lipinski definition) is 0. The predicted molar refractivity (Wildman–Crippen MR) is 110 cm³/mol. The maximum Gasteiger partial charge on any atom is 0.227 e. The van der Waals surface area contributed by atoms with Gasteiger partial charge < -0.3 is 9.80 Å². The van der Waals surface area contributed by atoms with Gasteiger partial charge in [-0.15, -0.1) is 0 Å². The predicted octanol–water partition coefficient (Wildman–Crippen LogP) is 2.78. The molecule has 6 heteroatoms. The summed E-state index contributed by atoms with van der Waals surface area (Å²) in [5.41, 5.74) is 4.00. The highest BCUT2D eigenvalue weighted by atomic mass is 16.2. The van der Waals surface area contributed by atoms with Gasteiger partial charge in [-0.25, -0.2) is 9.67 Å². The molecule has 0 radical (unpaired) electrons. The molecule has 3 aromatic rings. The zero-order valence-corrected chi connectivity index (χ0v) is 16.4. The van der Waals surface area contributed by atoms with E-state index in [-0.39, 0.29) is 5.91 Å². The van der Waals surface area contributed by atoms with E-state index >= 15 is 0 Å². The molecule has 0 bridgehead atoms. The molecule has 1 amide bonds. The Labute approximate surface area is 165 Å². The van der Waals surface area contributed by atoms with Crippen LogP contribution in [0.1, 0.15) is 17.0 Å². The first kappa shape index (κ1) is 18.2. The summed E-state index contributed by atoms with van der Waals surface area (Å²) in [5, 5.41) is 4.66. The van der Waals surface area contributed by atoms with Crippen LogP contribution in [0.2, 0.25) is 0 Å². The molecule has 6 nitrogen and oxygen atoms in total. The van der Waals surface area contributed by atoms with Crippen molar-refractivity contribution in [2.24, 2.45) is 0 Å². The Balaban J connectivity index is 1.43. The second-order valence-electron chi connectivity index (χ2n) is 7.13. The van der Waals surface area contributed by atoms with E-state index in [0.29, 0.717) is 6.42 Å². The third kappa shape index (κ3) is 3.63. The van der Waals surface area contributed by atoms with Crippen LogP contribution >= 0.6 is 0 Å². The van der Waals surface area contributed by atoms with E-state index in [0.717, 1.165) is 54.6 Å². The first-order chi connectivity index (χ1) is 13.6. The number of hydrogen-bond acceptors (Lipinski definition) is 4. The van der Waals surface area contributed by atoms with Gasteiger partial charge in [-0.2, -0.15) is 5.10 Å². The van der Waals surface area contributed by atoms with Crippen molar-refractivity contribution < 1.29 is 4.79 Å². The van der Waals surface area contributed by atoms with Gasteiger partial charge in [0, 0.05) is 43.6 Å². The van der Waals surface area contributed by atoms with E-state index < -0.39 is 0 Å². The molecule has 1 fully saturated rings. The molecule has 0 unspecified atom stereocenters. The number of anilines is 1. The van der Waals surface area contributed by atoms with Crippen LogP contribution in [0.4, 0.5) is 5.82 Å². The maximum atomic E-state index is 12.9. The lowest BCUT2D eigenvalue weighted by atomic mass is 10.1. The highest BCUT2D eigenvalue weighted by Gasteiger charge is 2.24. The van der Waals surface area contributed by atoms with Crippen molar-refractivity contribution in [2.45, 2.75) is 20.3 Å². The molecule has 1 saturated heterocycles. The Hall–Kier alpha value is -3.15. The van der Waals surface area contributed by atoms with E-state index in [1.807, 2.05) is 78.2 Å². The molecule has 1 aromatic carbocycles. The van der Waals surface area contributed by atoms with Gasteiger partial charge in [0.2, 0.25) is 5.91 Å². The Bertz CT molecular complexity index is 944. The van der Waals surface area contributed by atoms with Gasteiger partial charge in [0.1, 0.15) is 5.82 Å². The Morgan fingerprint density at radius 1 is 0.964 bits per heavy atom. The normalized spacial score (nSPS) is 14.4. The molecule has 1 aliphatic heterocycles. The topological polar surface area (TPSA) is 54.3 Å². The van der Waals surface area contributed by atoms with Crippen molar-refractivity contribution in [3.63, 3.8) is 0 Å². The zero-order valence-electron chi connectivity index (χ0n) is 16.4. The fourth-order valence-corrected chi connectivity index (χ4v) is 3.74. The molecular weight excluding hydrogens is 350 g/mol. The number of carbonyl (C=O) groups excluding carboxylic acids is 1. The minimum absolute atomic E-state index is 0.166. The maximum absolute atomic E-state index is 12.9. The van der Waals surface area contributed by atoms with Crippen LogP contribution in [0, 0.1) is 13.8 Å². The number of amides is 1. The van der Waals surface area contributed by atoms with Gasteiger partial charge in [0.25, 0.3) is 0 Å². The average Bonchev–Trinajstić information content (AvgIpc) is 3.03. The molecule has 0 N–H and O–H groups in total. The SMILES string of the molecule is Cc1nn(-c2ccccc2)c(C)c1CC(=O)N1CCN(c2ccccn2)CC1. The van der Waals surface area contributed by atoms with Gasteiger partial charge in [-0.3, -0.25) is 4.79 Å². The van der Waals surface area contributed by atoms with Crippen molar-refractivity contribution in [3.8, 4) is 5.69 Å². The lowest BCUT2D eigenvalue weighted by Crippen LogP contribution is -2.49. The quantitative estimate of drug-likeness (QED) is 0.704. The van der Waals surface area contributed by atoms with E-state index in [9.17, 15) is 4.79 Å². The van der Waals surface area contributed by atoms with Crippen LogP contribution in [0.5, 0.6) is 0 Å².